The standard InChI is InChI=1S/3C9H17N2.C2H6O3P/c3*1-3-5-6-11-8-7-10(4-2)9-11;1-2-6(3,4)5/h3*7-9H,3-6H2,1-2H3;6H,2H2,1H3/q3*+1;-3. The molecular weight excluding hydrogens is 511 g/mol. The van der Waals surface area contributed by atoms with E-state index in [0.29, 0.717) is 0 Å². The predicted molar refractivity (Wildman–Crippen MR) is 154 cm³/mol. The summed E-state index contributed by atoms with van der Waals surface area (Å²) in [5.74, 6) is 0. The van der Waals surface area contributed by atoms with E-state index in [1.54, 1.807) is 0 Å². The van der Waals surface area contributed by atoms with Gasteiger partial charge in [0.2, 0.25) is 19.0 Å². The van der Waals surface area contributed by atoms with Gasteiger partial charge in [0.25, 0.3) is 0 Å². The molecule has 3 rings (SSSR count). The third-order valence-corrected chi connectivity index (χ3v) is 6.94. The van der Waals surface area contributed by atoms with Crippen molar-refractivity contribution in [3.05, 3.63) is 56.2 Å². The number of hydrogen-bond donors (Lipinski definition) is 0. The first-order valence-corrected chi connectivity index (χ1v) is 16.8. The Morgan fingerprint density at radius 3 is 0.923 bits per heavy atom. The van der Waals surface area contributed by atoms with Gasteiger partial charge in [0.15, 0.2) is 0 Å². The molecule has 10 heteroatoms. The average Bonchev–Trinajstić information content (AvgIpc) is 3.71. The number of hydrogen-bond acceptors (Lipinski definition) is 3. The predicted octanol–water partition coefficient (Wildman–Crippen LogP) is 2.37. The van der Waals surface area contributed by atoms with Gasteiger partial charge in [-0.2, -0.15) is 0 Å². The van der Waals surface area contributed by atoms with E-state index < -0.39 is 7.94 Å². The van der Waals surface area contributed by atoms with E-state index in [4.69, 9.17) is 0 Å². The Labute approximate surface area is 238 Å². The summed E-state index contributed by atoms with van der Waals surface area (Å²) in [4.78, 5) is 28.5. The molecule has 0 bridgehead atoms. The summed E-state index contributed by atoms with van der Waals surface area (Å²) in [7, 11) is -4.38. The minimum absolute atomic E-state index is 0.257. The minimum atomic E-state index is -4.38. The van der Waals surface area contributed by atoms with Crippen LogP contribution in [-0.4, -0.2) is 19.9 Å². The molecule has 0 aliphatic rings. The average molecular weight is 569 g/mol. The van der Waals surface area contributed by atoms with Crippen LogP contribution >= 0.6 is 7.94 Å². The molecule has 226 valence electrons. The molecular formula is C29H57N6O3P. The number of aryl methyl sites for hydroxylation is 6. The molecule has 0 saturated carbocycles. The van der Waals surface area contributed by atoms with Crippen LogP contribution in [0.3, 0.4) is 0 Å². The second-order valence-electron chi connectivity index (χ2n) is 9.54. The molecule has 9 nitrogen and oxygen atoms in total. The molecule has 3 aromatic rings. The third-order valence-electron chi connectivity index (χ3n) is 6.08. The summed E-state index contributed by atoms with van der Waals surface area (Å²) in [6.45, 7) is 21.1. The van der Waals surface area contributed by atoms with E-state index in [1.165, 1.54) is 45.4 Å². The van der Waals surface area contributed by atoms with Crippen molar-refractivity contribution in [1.29, 1.82) is 0 Å². The molecule has 0 fully saturated rings. The second kappa shape index (κ2) is 22.7. The fourth-order valence-electron chi connectivity index (χ4n) is 3.30. The first-order valence-electron chi connectivity index (χ1n) is 14.9. The van der Waals surface area contributed by atoms with E-state index in [-0.39, 0.29) is 6.16 Å². The van der Waals surface area contributed by atoms with Gasteiger partial charge in [-0.1, -0.05) is 40.0 Å². The number of nitrogens with zero attached hydrogens (tertiary/aromatic N) is 6. The maximum atomic E-state index is 9.50. The summed E-state index contributed by atoms with van der Waals surface area (Å²) in [5.41, 5.74) is 0. The van der Waals surface area contributed by atoms with Crippen molar-refractivity contribution in [2.24, 2.45) is 0 Å². The van der Waals surface area contributed by atoms with Crippen molar-refractivity contribution in [2.75, 3.05) is 6.16 Å². The van der Waals surface area contributed by atoms with Crippen LogP contribution in [0, 0.1) is 0 Å². The van der Waals surface area contributed by atoms with E-state index >= 15 is 0 Å². The summed E-state index contributed by atoms with van der Waals surface area (Å²) in [6.07, 6.45) is 26.6. The zero-order valence-electron chi connectivity index (χ0n) is 25.8. The molecule has 0 N–H and O–H groups in total. The molecule has 0 aliphatic carbocycles. The van der Waals surface area contributed by atoms with Crippen molar-refractivity contribution < 1.29 is 28.4 Å². The van der Waals surface area contributed by atoms with Gasteiger partial charge in [-0.25, -0.2) is 27.4 Å². The summed E-state index contributed by atoms with van der Waals surface area (Å²) in [6, 6.07) is 0. The van der Waals surface area contributed by atoms with Crippen LogP contribution in [-0.2, 0) is 39.3 Å². The fourth-order valence-corrected chi connectivity index (χ4v) is 3.30. The zero-order valence-corrected chi connectivity index (χ0v) is 26.8. The molecule has 0 atom stereocenters. The van der Waals surface area contributed by atoms with Gasteiger partial charge in [-0.15, -0.1) is 0 Å². The van der Waals surface area contributed by atoms with Gasteiger partial charge < -0.3 is 0 Å². The zero-order chi connectivity index (χ0) is 29.5. The Hall–Kier alpha value is -2.06. The van der Waals surface area contributed by atoms with Gasteiger partial charge >= 0.3 is 35.7 Å². The molecule has 0 aliphatic heterocycles. The van der Waals surface area contributed by atoms with Crippen LogP contribution in [0.1, 0.15) is 87.0 Å². The Morgan fingerprint density at radius 2 is 0.769 bits per heavy atom. The number of imidazole rings is 3. The summed E-state index contributed by atoms with van der Waals surface area (Å²) in [5, 5.41) is 0. The molecule has 0 unspecified atom stereocenters. The Balaban J connectivity index is 0.000000505. The van der Waals surface area contributed by atoms with Gasteiger partial charge in [0.05, 0.1) is 39.3 Å². The first kappa shape index (κ1) is 36.9. The van der Waals surface area contributed by atoms with Crippen LogP contribution in [0.2, 0.25) is 0 Å². The van der Waals surface area contributed by atoms with Gasteiger partial charge in [0, 0.05) is 0 Å². The molecule has 39 heavy (non-hydrogen) atoms. The van der Waals surface area contributed by atoms with E-state index in [9.17, 15) is 14.7 Å². The molecule has 3 aromatic heterocycles. The van der Waals surface area contributed by atoms with Crippen LogP contribution in [0.15, 0.2) is 56.2 Å². The SMILES string of the molecule is CCCC[n+]1ccn(CC)c1.CCCC[n+]1ccn(CC)c1.CCCC[n+]1ccn(CC)c1.CC[PH]([O-])([O-])[O-]. The van der Waals surface area contributed by atoms with Crippen molar-refractivity contribution in [1.82, 2.24) is 13.7 Å². The maximum absolute atomic E-state index is 9.50. The van der Waals surface area contributed by atoms with Crippen LogP contribution in [0.4, 0.5) is 0 Å². The van der Waals surface area contributed by atoms with Crippen molar-refractivity contribution in [3.8, 4) is 0 Å². The van der Waals surface area contributed by atoms with E-state index in [1.807, 2.05) is 0 Å². The summed E-state index contributed by atoms with van der Waals surface area (Å²) >= 11 is 0. The van der Waals surface area contributed by atoms with Gasteiger partial charge in [-0.3, -0.25) is 0 Å². The monoisotopic (exact) mass is 568 g/mol. The van der Waals surface area contributed by atoms with Gasteiger partial charge in [0.1, 0.15) is 37.2 Å². The topological polar surface area (TPSA) is 95.6 Å². The van der Waals surface area contributed by atoms with Crippen LogP contribution in [0.5, 0.6) is 0 Å². The quantitative estimate of drug-likeness (QED) is 0.234. The molecule has 0 spiro atoms. The van der Waals surface area contributed by atoms with E-state index in [2.05, 4.69) is 125 Å². The van der Waals surface area contributed by atoms with Crippen molar-refractivity contribution in [3.63, 3.8) is 0 Å². The number of rotatable bonds is 13. The Kier molecular flexibility index (Phi) is 21.5. The number of aromatic nitrogens is 6. The van der Waals surface area contributed by atoms with Gasteiger partial charge in [-0.05, 0) is 40.0 Å². The number of unbranched alkanes of at least 4 members (excludes halogenated alkanes) is 3. The van der Waals surface area contributed by atoms with Crippen LogP contribution in [0.25, 0.3) is 0 Å². The molecule has 0 saturated heterocycles. The Morgan fingerprint density at radius 1 is 0.513 bits per heavy atom. The molecule has 0 aromatic carbocycles. The molecule has 0 radical (unpaired) electrons. The van der Waals surface area contributed by atoms with Crippen LogP contribution < -0.4 is 28.4 Å². The van der Waals surface area contributed by atoms with Crippen molar-refractivity contribution in [2.45, 2.75) is 126 Å². The molecule has 3 heterocycles. The Bertz CT molecular complexity index is 839. The van der Waals surface area contributed by atoms with E-state index in [0.717, 1.165) is 39.3 Å². The van der Waals surface area contributed by atoms with Crippen molar-refractivity contribution >= 4 is 7.94 Å². The fraction of sp³-hybridized carbons (Fsp3) is 0.690. The first-order chi connectivity index (χ1) is 18.7. The molecule has 0 amide bonds. The summed E-state index contributed by atoms with van der Waals surface area (Å²) < 4.78 is 13.3. The second-order valence-corrected chi connectivity index (χ2v) is 11.6. The third kappa shape index (κ3) is 19.6. The normalized spacial score (nSPS) is 11.0.